The maximum atomic E-state index is 13.1. The second-order valence-corrected chi connectivity index (χ2v) is 9.80. The van der Waals surface area contributed by atoms with Gasteiger partial charge in [-0.2, -0.15) is 0 Å². The van der Waals surface area contributed by atoms with Gasteiger partial charge >= 0.3 is 25.2 Å². The van der Waals surface area contributed by atoms with E-state index in [2.05, 4.69) is 9.98 Å². The summed E-state index contributed by atoms with van der Waals surface area (Å²) in [4.78, 5) is 55.4. The van der Waals surface area contributed by atoms with Crippen molar-refractivity contribution in [3.05, 3.63) is 105 Å². The molecule has 1 fully saturated rings. The summed E-state index contributed by atoms with van der Waals surface area (Å²) < 4.78 is 19.0. The van der Waals surface area contributed by atoms with Crippen molar-refractivity contribution >= 4 is 28.3 Å². The Morgan fingerprint density at radius 2 is 1.57 bits per heavy atom. The van der Waals surface area contributed by atoms with Gasteiger partial charge in [-0.1, -0.05) is 52.1 Å². The SMILES string of the molecule is C[C@H](PNBO)[C@H]1O[C@@H](n2ccc(=O)[nH]c2=O)[C@H](OC(=O)c2ccccc2)[C@@H]1OC(=O)c1ccccc1. The molecule has 1 aliphatic heterocycles. The van der Waals surface area contributed by atoms with Crippen LogP contribution in [-0.4, -0.2) is 58.1 Å². The fourth-order valence-corrected chi connectivity index (χ4v) is 4.84. The number of ether oxygens (including phenoxy) is 3. The van der Waals surface area contributed by atoms with E-state index in [0.717, 1.165) is 10.6 Å². The Kier molecular flexibility index (Phi) is 8.68. The van der Waals surface area contributed by atoms with Crippen LogP contribution in [0, 0.1) is 0 Å². The summed E-state index contributed by atoms with van der Waals surface area (Å²) in [5, 5.41) is 9.23. The fraction of sp³-hybridized carbons (Fsp3) is 0.250. The number of aromatic amines is 1. The Labute approximate surface area is 213 Å². The Hall–Kier alpha value is -3.57. The lowest BCUT2D eigenvalue weighted by Gasteiger charge is -2.27. The first-order valence-electron chi connectivity index (χ1n) is 11.5. The van der Waals surface area contributed by atoms with Gasteiger partial charge in [0, 0.05) is 17.9 Å². The van der Waals surface area contributed by atoms with E-state index in [9.17, 15) is 24.2 Å². The zero-order chi connectivity index (χ0) is 26.4. The molecule has 6 atom stereocenters. The first-order valence-corrected chi connectivity index (χ1v) is 12.5. The molecule has 0 aliphatic carbocycles. The minimum Gasteiger partial charge on any atom is -0.452 e. The molecule has 2 aromatic carbocycles. The Bertz CT molecular complexity index is 1340. The molecule has 1 saturated heterocycles. The van der Waals surface area contributed by atoms with Crippen LogP contribution in [0.2, 0.25) is 0 Å². The van der Waals surface area contributed by atoms with Crippen molar-refractivity contribution in [2.24, 2.45) is 0 Å². The molecule has 1 aromatic heterocycles. The number of carbonyl (C=O) groups excluding carboxylic acids is 2. The van der Waals surface area contributed by atoms with Crippen molar-refractivity contribution < 1.29 is 28.8 Å². The van der Waals surface area contributed by atoms with Crippen molar-refractivity contribution in [2.75, 3.05) is 0 Å². The Morgan fingerprint density at radius 3 is 2.11 bits per heavy atom. The number of aromatic nitrogens is 2. The molecule has 1 aliphatic rings. The second-order valence-electron chi connectivity index (χ2n) is 8.25. The quantitative estimate of drug-likeness (QED) is 0.209. The van der Waals surface area contributed by atoms with Gasteiger partial charge in [0.05, 0.1) is 11.1 Å². The van der Waals surface area contributed by atoms with Crippen LogP contribution in [0.3, 0.4) is 0 Å². The maximum absolute atomic E-state index is 13.1. The van der Waals surface area contributed by atoms with E-state index in [-0.39, 0.29) is 33.1 Å². The molecule has 192 valence electrons. The average Bonchev–Trinajstić information content (AvgIpc) is 3.25. The van der Waals surface area contributed by atoms with Crippen molar-refractivity contribution in [2.45, 2.75) is 37.1 Å². The molecule has 37 heavy (non-hydrogen) atoms. The highest BCUT2D eigenvalue weighted by Gasteiger charge is 2.52. The number of nitrogens with zero attached hydrogens (tertiary/aromatic N) is 1. The summed E-state index contributed by atoms with van der Waals surface area (Å²) in [6.45, 7) is 1.81. The summed E-state index contributed by atoms with van der Waals surface area (Å²) >= 11 is 0. The summed E-state index contributed by atoms with van der Waals surface area (Å²) in [6.07, 6.45) is -3.17. The number of benzene rings is 2. The van der Waals surface area contributed by atoms with Gasteiger partial charge in [-0.15, -0.1) is 0 Å². The van der Waals surface area contributed by atoms with E-state index in [1.54, 1.807) is 60.7 Å². The number of rotatable bonds is 9. The molecular weight excluding hydrogens is 500 g/mol. The topological polar surface area (TPSA) is 149 Å². The zero-order valence-corrected chi connectivity index (χ0v) is 20.8. The van der Waals surface area contributed by atoms with E-state index in [1.807, 2.05) is 6.92 Å². The highest BCUT2D eigenvalue weighted by atomic mass is 31.1. The largest absolute Gasteiger partial charge is 0.452 e. The minimum absolute atomic E-state index is 0.0119. The first-order chi connectivity index (χ1) is 17.9. The van der Waals surface area contributed by atoms with Crippen LogP contribution in [0.25, 0.3) is 0 Å². The van der Waals surface area contributed by atoms with Crippen molar-refractivity contribution in [3.8, 4) is 0 Å². The highest BCUT2D eigenvalue weighted by Crippen LogP contribution is 2.39. The van der Waals surface area contributed by atoms with Crippen LogP contribution in [-0.2, 0) is 14.2 Å². The predicted octanol–water partition coefficient (Wildman–Crippen LogP) is 0.716. The molecule has 2 heterocycles. The molecule has 0 spiro atoms. The summed E-state index contributed by atoms with van der Waals surface area (Å²) in [7, 11) is -0.290. The normalized spacial score (nSPS) is 22.0. The lowest BCUT2D eigenvalue weighted by molar-refractivity contribution is -0.0522. The van der Waals surface area contributed by atoms with Crippen LogP contribution in [0.1, 0.15) is 33.9 Å². The van der Waals surface area contributed by atoms with Crippen LogP contribution in [0.5, 0.6) is 0 Å². The summed E-state index contributed by atoms with van der Waals surface area (Å²) in [6, 6.07) is 17.7. The third-order valence-electron chi connectivity index (χ3n) is 5.76. The highest BCUT2D eigenvalue weighted by molar-refractivity contribution is 7.38. The number of nitrogens with one attached hydrogen (secondary N) is 2. The molecule has 3 aromatic rings. The monoisotopic (exact) mass is 525 g/mol. The van der Waals surface area contributed by atoms with Gasteiger partial charge in [0.2, 0.25) is 0 Å². The van der Waals surface area contributed by atoms with Gasteiger partial charge in [0.1, 0.15) is 6.10 Å². The average molecular weight is 525 g/mol. The molecule has 11 nitrogen and oxygen atoms in total. The molecule has 0 saturated carbocycles. The first kappa shape index (κ1) is 26.5. The van der Waals surface area contributed by atoms with Crippen LogP contribution < -0.4 is 16.2 Å². The number of esters is 2. The van der Waals surface area contributed by atoms with Gasteiger partial charge in [-0.3, -0.25) is 14.3 Å². The predicted molar refractivity (Wildman–Crippen MR) is 137 cm³/mol. The zero-order valence-electron chi connectivity index (χ0n) is 19.8. The van der Waals surface area contributed by atoms with E-state index in [1.165, 1.54) is 6.20 Å². The van der Waals surface area contributed by atoms with Crippen LogP contribution >= 0.6 is 8.73 Å². The molecule has 1 unspecified atom stereocenters. The molecule has 0 bridgehead atoms. The lowest BCUT2D eigenvalue weighted by Crippen LogP contribution is -2.43. The van der Waals surface area contributed by atoms with Gasteiger partial charge in [0.25, 0.3) is 5.56 Å². The number of carbonyl (C=O) groups is 2. The van der Waals surface area contributed by atoms with E-state index in [0.29, 0.717) is 0 Å². The minimum atomic E-state index is -1.24. The summed E-state index contributed by atoms with van der Waals surface area (Å²) in [5.74, 6) is -1.37. The molecule has 4 rings (SSSR count). The van der Waals surface area contributed by atoms with E-state index < -0.39 is 47.7 Å². The number of H-pyrrole nitrogens is 1. The number of hydrogen-bond acceptors (Lipinski definition) is 9. The Balaban J connectivity index is 1.74. The number of hydrogen-bond donors (Lipinski definition) is 3. The van der Waals surface area contributed by atoms with Crippen molar-refractivity contribution in [1.29, 1.82) is 0 Å². The van der Waals surface area contributed by atoms with Crippen molar-refractivity contribution in [1.82, 2.24) is 14.5 Å². The third-order valence-corrected chi connectivity index (χ3v) is 6.90. The summed E-state index contributed by atoms with van der Waals surface area (Å²) in [5.41, 5.74) is -1.19. The molecule has 0 amide bonds. The molecular formula is C24H25BN3O8P. The van der Waals surface area contributed by atoms with Crippen molar-refractivity contribution in [3.63, 3.8) is 0 Å². The fourth-order valence-electron chi connectivity index (χ4n) is 4.00. The van der Waals surface area contributed by atoms with E-state index >= 15 is 0 Å². The maximum Gasteiger partial charge on any atom is 0.361 e. The lowest BCUT2D eigenvalue weighted by atomic mass is 10.1. The molecule has 0 radical (unpaired) electrons. The van der Waals surface area contributed by atoms with E-state index in [4.69, 9.17) is 14.2 Å². The Morgan fingerprint density at radius 1 is 1.00 bits per heavy atom. The third kappa shape index (κ3) is 6.23. The van der Waals surface area contributed by atoms with Crippen LogP contribution in [0.4, 0.5) is 0 Å². The standard InChI is InChI=1S/C24H25BN3O8P/c1-14(37-27-25-33)18-19(35-22(30)15-8-4-2-5-9-15)20(36-23(31)16-10-6-3-7-11-16)21(34-18)28-13-12-17(29)26-24(28)32/h2-14,18-21,25,27,33,37H,1H3,(H,26,29,32)/t14-,18+,19+,20+,21+/m0/s1. The van der Waals surface area contributed by atoms with Gasteiger partial charge in [0.15, 0.2) is 18.4 Å². The van der Waals surface area contributed by atoms with Crippen LogP contribution in [0.15, 0.2) is 82.5 Å². The van der Waals surface area contributed by atoms with Gasteiger partial charge in [-0.25, -0.2) is 14.4 Å². The second kappa shape index (κ2) is 12.1. The molecule has 13 heteroatoms. The van der Waals surface area contributed by atoms with Gasteiger partial charge < -0.3 is 24.2 Å². The smallest absolute Gasteiger partial charge is 0.361 e. The van der Waals surface area contributed by atoms with Gasteiger partial charge in [-0.05, 0) is 24.3 Å². The molecule has 3 N–H and O–H groups in total.